The fourth-order valence-electron chi connectivity index (χ4n) is 3.16. The van der Waals surface area contributed by atoms with Gasteiger partial charge in [0.25, 0.3) is 5.91 Å². The molecule has 1 heterocycles. The highest BCUT2D eigenvalue weighted by Gasteiger charge is 2.14. The van der Waals surface area contributed by atoms with E-state index in [-0.39, 0.29) is 5.91 Å². The average Bonchev–Trinajstić information content (AvgIpc) is 2.64. The molecule has 1 saturated heterocycles. The summed E-state index contributed by atoms with van der Waals surface area (Å²) in [6.45, 7) is 3.28. The quantitative estimate of drug-likeness (QED) is 0.755. The zero-order valence-electron chi connectivity index (χ0n) is 14.7. The van der Waals surface area contributed by atoms with E-state index in [4.69, 9.17) is 27.9 Å². The van der Waals surface area contributed by atoms with Gasteiger partial charge in [-0.05, 0) is 55.8 Å². The van der Waals surface area contributed by atoms with E-state index in [0.717, 1.165) is 25.3 Å². The Bertz CT molecular complexity index is 749. The van der Waals surface area contributed by atoms with Crippen LogP contribution in [0.1, 0.15) is 35.2 Å². The molecule has 0 radical (unpaired) electrons. The third kappa shape index (κ3) is 4.70. The molecule has 0 saturated carbocycles. The maximum atomic E-state index is 12.4. The first-order chi connectivity index (χ1) is 12.6. The molecule has 1 aliphatic rings. The Morgan fingerprint density at radius 2 is 1.69 bits per heavy atom. The number of anilines is 1. The predicted octanol–water partition coefficient (Wildman–Crippen LogP) is 5.24. The van der Waals surface area contributed by atoms with Crippen molar-refractivity contribution in [1.29, 1.82) is 0 Å². The van der Waals surface area contributed by atoms with Crippen molar-refractivity contribution in [1.82, 2.24) is 4.90 Å². The molecular weight excluding hydrogens is 371 g/mol. The van der Waals surface area contributed by atoms with Crippen molar-refractivity contribution in [3.05, 3.63) is 57.6 Å². The van der Waals surface area contributed by atoms with E-state index in [9.17, 15) is 4.79 Å². The summed E-state index contributed by atoms with van der Waals surface area (Å²) in [6.07, 6.45) is 3.89. The molecule has 0 aromatic heterocycles. The van der Waals surface area contributed by atoms with Gasteiger partial charge in [-0.1, -0.05) is 41.8 Å². The maximum Gasteiger partial charge on any atom is 0.255 e. The summed E-state index contributed by atoms with van der Waals surface area (Å²) >= 11 is 12.2. The number of carbonyl (C=O) groups excluding carboxylic acids is 1. The number of nitrogens with one attached hydrogen (secondary N) is 1. The Labute approximate surface area is 164 Å². The van der Waals surface area contributed by atoms with Gasteiger partial charge in [0.05, 0.1) is 17.2 Å². The standard InChI is InChI=1S/C20H22Cl2N2O2/c1-26-19-17(21)11-15(12-18(19)22)20(25)23-16-7-5-14(6-8-16)13-24-9-3-2-4-10-24/h5-8,11-12H,2-4,9-10,13H2,1H3,(H,23,25). The lowest BCUT2D eigenvalue weighted by Crippen LogP contribution is -2.29. The van der Waals surface area contributed by atoms with Gasteiger partial charge in [0, 0.05) is 17.8 Å². The number of ether oxygens (including phenoxy) is 1. The van der Waals surface area contributed by atoms with Crippen LogP contribution in [0.2, 0.25) is 10.0 Å². The van der Waals surface area contributed by atoms with Crippen LogP contribution in [0.25, 0.3) is 0 Å². The molecule has 1 amide bonds. The van der Waals surface area contributed by atoms with Crippen LogP contribution >= 0.6 is 23.2 Å². The Morgan fingerprint density at radius 1 is 1.08 bits per heavy atom. The number of amides is 1. The highest BCUT2D eigenvalue weighted by molar-refractivity contribution is 6.37. The number of methoxy groups -OCH3 is 1. The molecule has 2 aromatic carbocycles. The molecule has 0 bridgehead atoms. The highest BCUT2D eigenvalue weighted by atomic mass is 35.5. The number of likely N-dealkylation sites (tertiary alicyclic amines) is 1. The fraction of sp³-hybridized carbons (Fsp3) is 0.350. The lowest BCUT2D eigenvalue weighted by Gasteiger charge is -2.26. The van der Waals surface area contributed by atoms with Crippen molar-refractivity contribution in [3.8, 4) is 5.75 Å². The number of nitrogens with zero attached hydrogens (tertiary/aromatic N) is 1. The van der Waals surface area contributed by atoms with Crippen molar-refractivity contribution < 1.29 is 9.53 Å². The van der Waals surface area contributed by atoms with Gasteiger partial charge in [0.2, 0.25) is 0 Å². The number of piperidine rings is 1. The molecule has 6 heteroatoms. The van der Waals surface area contributed by atoms with Gasteiger partial charge in [-0.2, -0.15) is 0 Å². The smallest absolute Gasteiger partial charge is 0.255 e. The molecule has 0 spiro atoms. The lowest BCUT2D eigenvalue weighted by atomic mass is 10.1. The monoisotopic (exact) mass is 392 g/mol. The minimum atomic E-state index is -0.264. The summed E-state index contributed by atoms with van der Waals surface area (Å²) < 4.78 is 5.10. The predicted molar refractivity (Wildman–Crippen MR) is 107 cm³/mol. The molecule has 3 rings (SSSR count). The van der Waals surface area contributed by atoms with Crippen molar-refractivity contribution in [2.45, 2.75) is 25.8 Å². The Morgan fingerprint density at radius 3 is 2.27 bits per heavy atom. The van der Waals surface area contributed by atoms with Crippen molar-refractivity contribution in [3.63, 3.8) is 0 Å². The molecule has 0 atom stereocenters. The van der Waals surface area contributed by atoms with Crippen LogP contribution in [0.5, 0.6) is 5.75 Å². The molecule has 1 N–H and O–H groups in total. The summed E-state index contributed by atoms with van der Waals surface area (Å²) in [5, 5.41) is 3.49. The third-order valence-corrected chi connectivity index (χ3v) is 5.09. The number of benzene rings is 2. The molecule has 2 aromatic rings. The lowest BCUT2D eigenvalue weighted by molar-refractivity contribution is 0.102. The van der Waals surface area contributed by atoms with Crippen LogP contribution in [0.15, 0.2) is 36.4 Å². The third-order valence-electron chi connectivity index (χ3n) is 4.53. The van der Waals surface area contributed by atoms with Crippen LogP contribution in [-0.2, 0) is 6.54 Å². The first-order valence-electron chi connectivity index (χ1n) is 8.72. The number of hydrogen-bond acceptors (Lipinski definition) is 3. The summed E-state index contributed by atoms with van der Waals surface area (Å²) in [6, 6.07) is 11.0. The second kappa shape index (κ2) is 8.76. The van der Waals surface area contributed by atoms with Gasteiger partial charge in [-0.15, -0.1) is 0 Å². The summed E-state index contributed by atoms with van der Waals surface area (Å²) in [4.78, 5) is 14.9. The van der Waals surface area contributed by atoms with Crippen LogP contribution in [0.4, 0.5) is 5.69 Å². The van der Waals surface area contributed by atoms with E-state index >= 15 is 0 Å². The minimum Gasteiger partial charge on any atom is -0.494 e. The Hall–Kier alpha value is -1.75. The zero-order chi connectivity index (χ0) is 18.5. The van der Waals surface area contributed by atoms with Gasteiger partial charge < -0.3 is 10.1 Å². The molecule has 26 heavy (non-hydrogen) atoms. The van der Waals surface area contributed by atoms with Gasteiger partial charge in [0.1, 0.15) is 0 Å². The Kier molecular flexibility index (Phi) is 6.41. The van der Waals surface area contributed by atoms with E-state index < -0.39 is 0 Å². The number of halogens is 2. The number of carbonyl (C=O) groups is 1. The summed E-state index contributed by atoms with van der Waals surface area (Å²) in [5.41, 5.74) is 2.37. The van der Waals surface area contributed by atoms with E-state index in [1.165, 1.54) is 31.9 Å². The minimum absolute atomic E-state index is 0.264. The summed E-state index contributed by atoms with van der Waals surface area (Å²) in [7, 11) is 1.48. The largest absolute Gasteiger partial charge is 0.494 e. The molecule has 0 aliphatic carbocycles. The molecule has 1 fully saturated rings. The molecule has 138 valence electrons. The van der Waals surface area contributed by atoms with Crippen LogP contribution in [0.3, 0.4) is 0 Å². The van der Waals surface area contributed by atoms with E-state index in [1.54, 1.807) is 12.1 Å². The second-order valence-corrected chi connectivity index (χ2v) is 7.28. The fourth-order valence-corrected chi connectivity index (χ4v) is 3.80. The molecular formula is C20H22Cl2N2O2. The van der Waals surface area contributed by atoms with E-state index in [1.807, 2.05) is 12.1 Å². The zero-order valence-corrected chi connectivity index (χ0v) is 16.2. The topological polar surface area (TPSA) is 41.6 Å². The molecule has 4 nitrogen and oxygen atoms in total. The maximum absolute atomic E-state index is 12.4. The van der Waals surface area contributed by atoms with Crippen molar-refractivity contribution in [2.24, 2.45) is 0 Å². The van der Waals surface area contributed by atoms with Gasteiger partial charge >= 0.3 is 0 Å². The van der Waals surface area contributed by atoms with Crippen molar-refractivity contribution in [2.75, 3.05) is 25.5 Å². The van der Waals surface area contributed by atoms with Gasteiger partial charge in [0.15, 0.2) is 5.75 Å². The normalized spacial score (nSPS) is 14.9. The SMILES string of the molecule is COc1c(Cl)cc(C(=O)Nc2ccc(CN3CCCCC3)cc2)cc1Cl. The van der Waals surface area contributed by atoms with Crippen LogP contribution in [0, 0.1) is 0 Å². The van der Waals surface area contributed by atoms with Crippen LogP contribution < -0.4 is 10.1 Å². The molecule has 0 unspecified atom stereocenters. The number of rotatable bonds is 5. The average molecular weight is 393 g/mol. The highest BCUT2D eigenvalue weighted by Crippen LogP contribution is 2.34. The number of hydrogen-bond donors (Lipinski definition) is 1. The summed E-state index contributed by atoms with van der Waals surface area (Å²) in [5.74, 6) is 0.104. The first-order valence-corrected chi connectivity index (χ1v) is 9.48. The second-order valence-electron chi connectivity index (χ2n) is 6.46. The van der Waals surface area contributed by atoms with Crippen molar-refractivity contribution >= 4 is 34.8 Å². The Balaban J connectivity index is 1.64. The molecule has 1 aliphatic heterocycles. The van der Waals surface area contributed by atoms with E-state index in [0.29, 0.717) is 21.4 Å². The van der Waals surface area contributed by atoms with E-state index in [2.05, 4.69) is 22.3 Å². The van der Waals surface area contributed by atoms with Gasteiger partial charge in [-0.3, -0.25) is 9.69 Å². The van der Waals surface area contributed by atoms with Crippen LogP contribution in [-0.4, -0.2) is 31.0 Å². The van der Waals surface area contributed by atoms with Gasteiger partial charge in [-0.25, -0.2) is 0 Å². The first kappa shape index (κ1) is 19.0.